The highest BCUT2D eigenvalue weighted by Crippen LogP contribution is 2.25. The van der Waals surface area contributed by atoms with E-state index in [1.54, 1.807) is 36.4 Å². The topological polar surface area (TPSA) is 102 Å². The molecule has 29 heavy (non-hydrogen) atoms. The second-order valence-corrected chi connectivity index (χ2v) is 9.08. The number of anilines is 1. The second kappa shape index (κ2) is 7.67. The van der Waals surface area contributed by atoms with E-state index in [4.69, 9.17) is 4.42 Å². The lowest BCUT2D eigenvalue weighted by Gasteiger charge is -2.28. The fraction of sp³-hybridized carbons (Fsp3) is 0.250. The molecule has 8 nitrogen and oxygen atoms in total. The zero-order valence-electron chi connectivity index (χ0n) is 15.5. The maximum Gasteiger partial charge on any atom is 0.267 e. The van der Waals surface area contributed by atoms with Crippen molar-refractivity contribution in [1.82, 2.24) is 9.78 Å². The van der Waals surface area contributed by atoms with Crippen LogP contribution in [-0.4, -0.2) is 41.7 Å². The Morgan fingerprint density at radius 1 is 1.14 bits per heavy atom. The van der Waals surface area contributed by atoms with Crippen LogP contribution in [0.15, 0.2) is 70.1 Å². The molecule has 0 radical (unpaired) electrons. The van der Waals surface area contributed by atoms with E-state index in [1.807, 2.05) is 6.07 Å². The maximum absolute atomic E-state index is 13.2. The minimum Gasteiger partial charge on any atom is -0.463 e. The first kappa shape index (κ1) is 19.1. The highest BCUT2D eigenvalue weighted by Gasteiger charge is 2.35. The van der Waals surface area contributed by atoms with E-state index in [0.717, 1.165) is 4.68 Å². The number of sulfone groups is 1. The monoisotopic (exact) mass is 413 g/mol. The Hall–Kier alpha value is -3.20. The average molecular weight is 413 g/mol. The number of carbonyl (C=O) groups is 1. The number of hydrogen-bond acceptors (Lipinski definition) is 6. The quantitative estimate of drug-likeness (QED) is 0.631. The van der Waals surface area contributed by atoms with E-state index >= 15 is 0 Å². The molecule has 2 aromatic heterocycles. The molecule has 1 fully saturated rings. The Labute approximate surface area is 167 Å². The van der Waals surface area contributed by atoms with Gasteiger partial charge in [-0.2, -0.15) is 5.10 Å². The van der Waals surface area contributed by atoms with Gasteiger partial charge in [0.15, 0.2) is 15.6 Å². The molecule has 1 saturated heterocycles. The number of nitrogens with zero attached hydrogens (tertiary/aromatic N) is 3. The number of furan rings is 1. The van der Waals surface area contributed by atoms with E-state index in [2.05, 4.69) is 5.10 Å². The van der Waals surface area contributed by atoms with Crippen LogP contribution in [0.2, 0.25) is 0 Å². The van der Waals surface area contributed by atoms with Crippen LogP contribution in [0.4, 0.5) is 5.69 Å². The highest BCUT2D eigenvalue weighted by atomic mass is 32.2. The van der Waals surface area contributed by atoms with Crippen molar-refractivity contribution in [2.24, 2.45) is 0 Å². The van der Waals surface area contributed by atoms with Gasteiger partial charge in [-0.05, 0) is 36.8 Å². The molecule has 0 bridgehead atoms. The molecular weight excluding hydrogens is 394 g/mol. The number of aromatic nitrogens is 2. The van der Waals surface area contributed by atoms with Gasteiger partial charge in [0.25, 0.3) is 5.56 Å². The molecule has 3 aromatic rings. The Bertz CT molecular complexity index is 1170. The van der Waals surface area contributed by atoms with Crippen molar-refractivity contribution >= 4 is 21.4 Å². The molecule has 3 heterocycles. The number of carbonyl (C=O) groups excluding carboxylic acids is 1. The molecule has 9 heteroatoms. The first-order valence-electron chi connectivity index (χ1n) is 9.12. The molecule has 150 valence electrons. The van der Waals surface area contributed by atoms with Crippen LogP contribution < -0.4 is 10.5 Å². The molecule has 1 amide bonds. The van der Waals surface area contributed by atoms with E-state index in [1.165, 1.54) is 23.3 Å². The van der Waals surface area contributed by atoms with Crippen molar-refractivity contribution in [1.29, 1.82) is 0 Å². The van der Waals surface area contributed by atoms with E-state index < -0.39 is 27.3 Å². The van der Waals surface area contributed by atoms with E-state index in [0.29, 0.717) is 23.6 Å². The fourth-order valence-electron chi connectivity index (χ4n) is 3.45. The Morgan fingerprint density at radius 3 is 2.59 bits per heavy atom. The number of rotatable bonds is 5. The van der Waals surface area contributed by atoms with Gasteiger partial charge in [0.1, 0.15) is 12.2 Å². The maximum atomic E-state index is 13.2. The van der Waals surface area contributed by atoms with Crippen LogP contribution in [0.1, 0.15) is 6.42 Å². The molecule has 0 spiro atoms. The molecule has 1 aromatic carbocycles. The summed E-state index contributed by atoms with van der Waals surface area (Å²) in [6, 6.07) is 14.7. The number of amides is 1. The third-order valence-electron chi connectivity index (χ3n) is 4.80. The third-order valence-corrected chi connectivity index (χ3v) is 6.55. The molecule has 0 N–H and O–H groups in total. The van der Waals surface area contributed by atoms with Crippen molar-refractivity contribution in [3.8, 4) is 11.5 Å². The standard InChI is InChI=1S/C20H19N3O5S/c24-19-9-8-17(18-7-4-11-28-18)21-22(19)13-20(25)23(15-5-2-1-3-6-15)16-10-12-29(26,27)14-16/h1-9,11,16H,10,12-14H2/t16-/m0/s1. The van der Waals surface area contributed by atoms with Gasteiger partial charge in [-0.25, -0.2) is 13.1 Å². The molecule has 4 rings (SSSR count). The summed E-state index contributed by atoms with van der Waals surface area (Å²) in [5.74, 6) is 0.0283. The van der Waals surface area contributed by atoms with E-state index in [-0.39, 0.29) is 18.1 Å². The zero-order chi connectivity index (χ0) is 20.4. The van der Waals surface area contributed by atoms with Crippen LogP contribution in [0.25, 0.3) is 11.5 Å². The van der Waals surface area contributed by atoms with Gasteiger partial charge in [-0.15, -0.1) is 0 Å². The van der Waals surface area contributed by atoms with E-state index in [9.17, 15) is 18.0 Å². The molecular formula is C20H19N3O5S. The lowest BCUT2D eigenvalue weighted by Crippen LogP contribution is -2.44. The van der Waals surface area contributed by atoms with Crippen molar-refractivity contribution < 1.29 is 17.6 Å². The van der Waals surface area contributed by atoms with Gasteiger partial charge in [0.2, 0.25) is 5.91 Å². The highest BCUT2D eigenvalue weighted by molar-refractivity contribution is 7.91. The van der Waals surface area contributed by atoms with Crippen LogP contribution in [-0.2, 0) is 21.2 Å². The largest absolute Gasteiger partial charge is 0.463 e. The SMILES string of the molecule is O=C(Cn1nc(-c2ccco2)ccc1=O)N(c1ccccc1)[C@H]1CCS(=O)(=O)C1. The van der Waals surface area contributed by atoms with Gasteiger partial charge in [0.05, 0.1) is 23.8 Å². The molecule has 1 aliphatic heterocycles. The van der Waals surface area contributed by atoms with Gasteiger partial charge in [-0.3, -0.25) is 9.59 Å². The summed E-state index contributed by atoms with van der Waals surface area (Å²) >= 11 is 0. The molecule has 1 aliphatic rings. The summed E-state index contributed by atoms with van der Waals surface area (Å²) in [6.45, 7) is -0.307. The number of benzene rings is 1. The second-order valence-electron chi connectivity index (χ2n) is 6.85. The first-order valence-corrected chi connectivity index (χ1v) is 10.9. The minimum absolute atomic E-state index is 0.0421. The van der Waals surface area contributed by atoms with Crippen molar-refractivity contribution in [2.45, 2.75) is 19.0 Å². The fourth-order valence-corrected chi connectivity index (χ4v) is 5.15. The van der Waals surface area contributed by atoms with Gasteiger partial charge >= 0.3 is 0 Å². The van der Waals surface area contributed by atoms with Crippen molar-refractivity contribution in [3.63, 3.8) is 0 Å². The van der Waals surface area contributed by atoms with Gasteiger partial charge < -0.3 is 9.32 Å². The first-order chi connectivity index (χ1) is 13.9. The van der Waals surface area contributed by atoms with Gasteiger partial charge in [0, 0.05) is 11.8 Å². The van der Waals surface area contributed by atoms with Crippen molar-refractivity contribution in [3.05, 3.63) is 71.2 Å². The van der Waals surface area contributed by atoms with Crippen molar-refractivity contribution in [2.75, 3.05) is 16.4 Å². The Morgan fingerprint density at radius 2 is 1.93 bits per heavy atom. The Kier molecular flexibility index (Phi) is 5.06. The summed E-state index contributed by atoms with van der Waals surface area (Å²) in [6.07, 6.45) is 1.85. The summed E-state index contributed by atoms with van der Waals surface area (Å²) in [7, 11) is -3.19. The van der Waals surface area contributed by atoms with Crippen LogP contribution in [0, 0.1) is 0 Å². The lowest BCUT2D eigenvalue weighted by atomic mass is 10.1. The lowest BCUT2D eigenvalue weighted by molar-refractivity contribution is -0.119. The van der Waals surface area contributed by atoms with Crippen LogP contribution in [0.5, 0.6) is 0 Å². The normalized spacial score (nSPS) is 17.9. The van der Waals surface area contributed by atoms with Gasteiger partial charge in [-0.1, -0.05) is 18.2 Å². The molecule has 0 unspecified atom stereocenters. The van der Waals surface area contributed by atoms with Crippen LogP contribution in [0.3, 0.4) is 0 Å². The molecule has 0 aliphatic carbocycles. The number of hydrogen-bond donors (Lipinski definition) is 0. The summed E-state index contributed by atoms with van der Waals surface area (Å²) in [5.41, 5.74) is 0.590. The molecule has 1 atom stereocenters. The van der Waals surface area contributed by atoms with Crippen LogP contribution >= 0.6 is 0 Å². The summed E-state index contributed by atoms with van der Waals surface area (Å²) in [4.78, 5) is 26.9. The third kappa shape index (κ3) is 4.14. The summed E-state index contributed by atoms with van der Waals surface area (Å²) in [5, 5.41) is 4.23. The number of para-hydroxylation sites is 1. The average Bonchev–Trinajstić information content (AvgIpc) is 3.35. The predicted octanol–water partition coefficient (Wildman–Crippen LogP) is 1.72. The zero-order valence-corrected chi connectivity index (χ0v) is 16.3. The Balaban J connectivity index is 1.65. The smallest absolute Gasteiger partial charge is 0.267 e. The minimum atomic E-state index is -3.19. The molecule has 0 saturated carbocycles. The summed E-state index contributed by atoms with van der Waals surface area (Å²) < 4.78 is 30.3. The predicted molar refractivity (Wildman–Crippen MR) is 107 cm³/mol.